The molecule has 0 heterocycles. The van der Waals surface area contributed by atoms with E-state index in [0.29, 0.717) is 10.8 Å². The van der Waals surface area contributed by atoms with Crippen molar-refractivity contribution in [2.24, 2.45) is 22.7 Å². The standard InChI is InChI=1S/C12H22/c1-9(2)12-7-5-10(6-8-12)11(12,3)4/h9-10H,5-8H2,1-4H3. The molecule has 70 valence electrons. The molecule has 0 unspecified atom stereocenters. The van der Waals surface area contributed by atoms with Crippen molar-refractivity contribution < 1.29 is 0 Å². The van der Waals surface area contributed by atoms with Crippen LogP contribution in [0.1, 0.15) is 53.4 Å². The van der Waals surface area contributed by atoms with Gasteiger partial charge < -0.3 is 0 Å². The Kier molecular flexibility index (Phi) is 1.63. The van der Waals surface area contributed by atoms with Gasteiger partial charge in [-0.2, -0.15) is 0 Å². The Morgan fingerprint density at radius 1 is 1.08 bits per heavy atom. The maximum absolute atomic E-state index is 2.51. The van der Waals surface area contributed by atoms with Gasteiger partial charge in [-0.25, -0.2) is 0 Å². The van der Waals surface area contributed by atoms with Crippen LogP contribution in [0.4, 0.5) is 0 Å². The van der Waals surface area contributed by atoms with E-state index in [2.05, 4.69) is 27.7 Å². The fraction of sp³-hybridized carbons (Fsp3) is 1.00. The first-order valence-corrected chi connectivity index (χ1v) is 5.51. The zero-order valence-corrected chi connectivity index (χ0v) is 8.98. The topological polar surface area (TPSA) is 0 Å². The van der Waals surface area contributed by atoms with Gasteiger partial charge in [-0.3, -0.25) is 0 Å². The summed E-state index contributed by atoms with van der Waals surface area (Å²) in [6.45, 7) is 9.88. The van der Waals surface area contributed by atoms with E-state index in [0.717, 1.165) is 11.8 Å². The van der Waals surface area contributed by atoms with Crippen LogP contribution < -0.4 is 0 Å². The normalized spacial score (nSPS) is 44.2. The van der Waals surface area contributed by atoms with Crippen LogP contribution in [0.3, 0.4) is 0 Å². The zero-order valence-electron chi connectivity index (χ0n) is 8.98. The first-order valence-electron chi connectivity index (χ1n) is 5.51. The molecule has 2 rings (SSSR count). The van der Waals surface area contributed by atoms with Crippen LogP contribution in [-0.4, -0.2) is 0 Å². The minimum atomic E-state index is 0.640. The molecule has 0 aromatic heterocycles. The van der Waals surface area contributed by atoms with Crippen LogP contribution in [0.5, 0.6) is 0 Å². The van der Waals surface area contributed by atoms with Crippen molar-refractivity contribution in [1.29, 1.82) is 0 Å². The average Bonchev–Trinajstić information content (AvgIpc) is 2.40. The highest BCUT2D eigenvalue weighted by molar-refractivity contribution is 5.09. The third-order valence-corrected chi connectivity index (χ3v) is 5.29. The fourth-order valence-electron chi connectivity index (χ4n) is 4.23. The summed E-state index contributed by atoms with van der Waals surface area (Å²) in [5.41, 5.74) is 1.35. The van der Waals surface area contributed by atoms with Gasteiger partial charge in [0, 0.05) is 0 Å². The van der Waals surface area contributed by atoms with Gasteiger partial charge in [-0.1, -0.05) is 27.7 Å². The Labute approximate surface area is 76.7 Å². The molecule has 2 bridgehead atoms. The van der Waals surface area contributed by atoms with Crippen molar-refractivity contribution in [3.63, 3.8) is 0 Å². The van der Waals surface area contributed by atoms with E-state index < -0.39 is 0 Å². The zero-order chi connectivity index (χ0) is 8.98. The van der Waals surface area contributed by atoms with Crippen molar-refractivity contribution in [2.75, 3.05) is 0 Å². The highest BCUT2D eigenvalue weighted by atomic mass is 14.6. The van der Waals surface area contributed by atoms with Gasteiger partial charge in [0.1, 0.15) is 0 Å². The van der Waals surface area contributed by atoms with Gasteiger partial charge in [-0.05, 0) is 48.3 Å². The molecule has 0 radical (unpaired) electrons. The molecule has 0 saturated heterocycles. The highest BCUT2D eigenvalue weighted by Gasteiger charge is 2.59. The highest BCUT2D eigenvalue weighted by Crippen LogP contribution is 2.68. The maximum Gasteiger partial charge on any atom is -0.0220 e. The van der Waals surface area contributed by atoms with Crippen LogP contribution in [0.2, 0.25) is 0 Å². The lowest BCUT2D eigenvalue weighted by atomic mass is 9.63. The van der Waals surface area contributed by atoms with Crippen LogP contribution >= 0.6 is 0 Å². The largest absolute Gasteiger partial charge is 0.0622 e. The van der Waals surface area contributed by atoms with Gasteiger partial charge >= 0.3 is 0 Å². The molecule has 0 spiro atoms. The summed E-state index contributed by atoms with van der Waals surface area (Å²) in [6.07, 6.45) is 6.01. The molecule has 0 heteroatoms. The maximum atomic E-state index is 2.51. The average molecular weight is 166 g/mol. The Morgan fingerprint density at radius 2 is 1.58 bits per heavy atom. The smallest absolute Gasteiger partial charge is 0.0220 e. The molecule has 0 aromatic rings. The van der Waals surface area contributed by atoms with E-state index in [9.17, 15) is 0 Å². The first kappa shape index (κ1) is 8.59. The first-order chi connectivity index (χ1) is 5.51. The predicted octanol–water partition coefficient (Wildman–Crippen LogP) is 3.86. The molecule has 2 aliphatic rings. The van der Waals surface area contributed by atoms with Gasteiger partial charge in [0.2, 0.25) is 0 Å². The molecule has 12 heavy (non-hydrogen) atoms. The summed E-state index contributed by atoms with van der Waals surface area (Å²) in [4.78, 5) is 0. The molecule has 0 aliphatic heterocycles. The molecule has 0 aromatic carbocycles. The summed E-state index contributed by atoms with van der Waals surface area (Å²) < 4.78 is 0. The number of hydrogen-bond acceptors (Lipinski definition) is 0. The van der Waals surface area contributed by atoms with Crippen molar-refractivity contribution in [1.82, 2.24) is 0 Å². The van der Waals surface area contributed by atoms with Crippen LogP contribution in [0, 0.1) is 22.7 Å². The summed E-state index contributed by atoms with van der Waals surface area (Å²) in [7, 11) is 0. The Bertz CT molecular complexity index is 180. The monoisotopic (exact) mass is 166 g/mol. The van der Waals surface area contributed by atoms with Crippen LogP contribution in [0.15, 0.2) is 0 Å². The van der Waals surface area contributed by atoms with Crippen molar-refractivity contribution in [3.05, 3.63) is 0 Å². The summed E-state index contributed by atoms with van der Waals surface area (Å²) in [5, 5.41) is 0. The molecule has 2 saturated carbocycles. The molecule has 0 amide bonds. The molecule has 0 atom stereocenters. The fourth-order valence-corrected chi connectivity index (χ4v) is 4.23. The molecular weight excluding hydrogens is 144 g/mol. The second-order valence-electron chi connectivity index (χ2n) is 5.81. The molecular formula is C12H22. The Balaban J connectivity index is 2.36. The van der Waals surface area contributed by atoms with Gasteiger partial charge in [0.05, 0.1) is 0 Å². The number of rotatable bonds is 1. The lowest BCUT2D eigenvalue weighted by molar-refractivity contribution is 0.0697. The third kappa shape index (κ3) is 0.744. The van der Waals surface area contributed by atoms with E-state index in [1.807, 2.05) is 0 Å². The third-order valence-electron chi connectivity index (χ3n) is 5.29. The van der Waals surface area contributed by atoms with E-state index in [1.54, 1.807) is 0 Å². The minimum Gasteiger partial charge on any atom is -0.0622 e. The summed E-state index contributed by atoms with van der Waals surface area (Å²) >= 11 is 0. The van der Waals surface area contributed by atoms with E-state index in [-0.39, 0.29) is 0 Å². The molecule has 0 nitrogen and oxygen atoms in total. The van der Waals surface area contributed by atoms with Crippen molar-refractivity contribution in [3.8, 4) is 0 Å². The van der Waals surface area contributed by atoms with Crippen molar-refractivity contribution >= 4 is 0 Å². The molecule has 2 fully saturated rings. The van der Waals surface area contributed by atoms with Gasteiger partial charge in [0.25, 0.3) is 0 Å². The predicted molar refractivity (Wildman–Crippen MR) is 53.0 cm³/mol. The van der Waals surface area contributed by atoms with E-state index in [4.69, 9.17) is 0 Å². The lowest BCUT2D eigenvalue weighted by Gasteiger charge is -2.42. The van der Waals surface area contributed by atoms with E-state index >= 15 is 0 Å². The number of hydrogen-bond donors (Lipinski definition) is 0. The molecule has 2 aliphatic carbocycles. The minimum absolute atomic E-state index is 0.640. The quantitative estimate of drug-likeness (QED) is 0.555. The summed E-state index contributed by atoms with van der Waals surface area (Å²) in [5.74, 6) is 1.93. The second kappa shape index (κ2) is 2.27. The Morgan fingerprint density at radius 3 is 1.75 bits per heavy atom. The van der Waals surface area contributed by atoms with Crippen LogP contribution in [-0.2, 0) is 0 Å². The summed E-state index contributed by atoms with van der Waals surface area (Å²) in [6, 6.07) is 0. The Hall–Kier alpha value is 0. The molecule has 0 N–H and O–H groups in total. The van der Waals surface area contributed by atoms with E-state index in [1.165, 1.54) is 25.7 Å². The van der Waals surface area contributed by atoms with Gasteiger partial charge in [-0.15, -0.1) is 0 Å². The van der Waals surface area contributed by atoms with Crippen molar-refractivity contribution in [2.45, 2.75) is 53.4 Å². The second-order valence-corrected chi connectivity index (χ2v) is 5.81. The van der Waals surface area contributed by atoms with Crippen LogP contribution in [0.25, 0.3) is 0 Å². The van der Waals surface area contributed by atoms with Gasteiger partial charge in [0.15, 0.2) is 0 Å². The number of fused-ring (bicyclic) bond motifs is 2. The SMILES string of the molecule is CC(C)C12CCC(CC1)C2(C)C. The lowest BCUT2D eigenvalue weighted by Crippen LogP contribution is -2.35.